The molecule has 6 heteroatoms. The summed E-state index contributed by atoms with van der Waals surface area (Å²) in [4.78, 5) is 14.8. The molecule has 1 saturated heterocycles. The van der Waals surface area contributed by atoms with Gasteiger partial charge in [0.25, 0.3) is 0 Å². The third-order valence-electron chi connectivity index (χ3n) is 4.33. The average molecular weight is 389 g/mol. The molecule has 1 aliphatic heterocycles. The van der Waals surface area contributed by atoms with Crippen molar-refractivity contribution < 1.29 is 4.79 Å². The van der Waals surface area contributed by atoms with Crippen LogP contribution in [0.5, 0.6) is 0 Å². The Bertz CT molecular complexity index is 732. The number of hydrogen-bond donors (Lipinski definition) is 1. The van der Waals surface area contributed by atoms with Crippen molar-refractivity contribution in [3.05, 3.63) is 46.1 Å². The zero-order valence-corrected chi connectivity index (χ0v) is 15.5. The zero-order valence-electron chi connectivity index (χ0n) is 13.9. The first-order valence-corrected chi connectivity index (χ1v) is 8.94. The second kappa shape index (κ2) is 7.30. The van der Waals surface area contributed by atoms with Gasteiger partial charge in [-0.25, -0.2) is 0 Å². The minimum Gasteiger partial charge on any atom is -0.354 e. The lowest BCUT2D eigenvalue weighted by atomic mass is 9.97. The highest BCUT2D eigenvalue weighted by Crippen LogP contribution is 2.24. The highest BCUT2D eigenvalue weighted by atomic mass is 79.9. The van der Waals surface area contributed by atoms with Gasteiger partial charge >= 0.3 is 0 Å². The van der Waals surface area contributed by atoms with Crippen molar-refractivity contribution in [2.75, 3.05) is 23.3 Å². The quantitative estimate of drug-likeness (QED) is 0.870. The summed E-state index contributed by atoms with van der Waals surface area (Å²) < 4.78 is 1.04. The smallest absolute Gasteiger partial charge is 0.229 e. The first-order valence-electron chi connectivity index (χ1n) is 8.15. The first-order chi connectivity index (χ1) is 11.5. The number of aryl methyl sites for hydroxylation is 2. The van der Waals surface area contributed by atoms with E-state index in [1.807, 2.05) is 44.2 Å². The van der Waals surface area contributed by atoms with E-state index in [0.29, 0.717) is 6.54 Å². The molecule has 1 aromatic carbocycles. The minimum absolute atomic E-state index is 0.0363. The number of halogens is 1. The number of carbonyl (C=O) groups is 1. The van der Waals surface area contributed by atoms with Gasteiger partial charge in [0.1, 0.15) is 0 Å². The fourth-order valence-electron chi connectivity index (χ4n) is 2.93. The Morgan fingerprint density at radius 3 is 2.79 bits per heavy atom. The summed E-state index contributed by atoms with van der Waals surface area (Å²) in [6.45, 7) is 5.53. The van der Waals surface area contributed by atoms with E-state index in [1.54, 1.807) is 0 Å². The second-order valence-corrected chi connectivity index (χ2v) is 7.13. The molecule has 1 atom stereocenters. The molecule has 126 valence electrons. The van der Waals surface area contributed by atoms with Gasteiger partial charge in [0, 0.05) is 23.2 Å². The number of nitrogens with one attached hydrogen (secondary N) is 1. The Balaban J connectivity index is 1.66. The summed E-state index contributed by atoms with van der Waals surface area (Å²) in [5.41, 5.74) is 2.84. The van der Waals surface area contributed by atoms with Gasteiger partial charge in [0.2, 0.25) is 5.91 Å². The second-order valence-electron chi connectivity index (χ2n) is 6.27. The number of rotatable bonds is 3. The van der Waals surface area contributed by atoms with Gasteiger partial charge in [-0.3, -0.25) is 4.79 Å². The molecule has 1 N–H and O–H groups in total. The fraction of sp³-hybridized carbons (Fsp3) is 0.389. The molecule has 24 heavy (non-hydrogen) atoms. The molecular formula is C18H21BrN4O. The van der Waals surface area contributed by atoms with E-state index in [4.69, 9.17) is 0 Å². The first kappa shape index (κ1) is 16.9. The molecule has 5 nitrogen and oxygen atoms in total. The Labute approximate surface area is 150 Å². The molecule has 1 fully saturated rings. The molecule has 0 aliphatic carbocycles. The Morgan fingerprint density at radius 2 is 2.08 bits per heavy atom. The van der Waals surface area contributed by atoms with E-state index < -0.39 is 0 Å². The summed E-state index contributed by atoms with van der Waals surface area (Å²) >= 11 is 3.48. The van der Waals surface area contributed by atoms with E-state index in [-0.39, 0.29) is 11.8 Å². The molecule has 2 aromatic rings. The predicted octanol–water partition coefficient (Wildman–Crippen LogP) is 3.71. The number of carbonyl (C=O) groups excluding carboxylic acids is 1. The SMILES string of the molecule is Cc1ccc(N2CCC[C@H](C(=O)Nc3ccc(Br)c(C)c3)C2)nn1. The molecule has 0 bridgehead atoms. The Morgan fingerprint density at radius 1 is 1.25 bits per heavy atom. The number of piperidine rings is 1. The molecule has 3 rings (SSSR count). The van der Waals surface area contributed by atoms with E-state index >= 15 is 0 Å². The van der Waals surface area contributed by atoms with Crippen LogP contribution in [0.3, 0.4) is 0 Å². The van der Waals surface area contributed by atoms with E-state index in [0.717, 1.165) is 46.6 Å². The molecule has 0 spiro atoms. The number of amides is 1. The number of anilines is 2. The zero-order chi connectivity index (χ0) is 17.1. The van der Waals surface area contributed by atoms with Gasteiger partial charge in [-0.1, -0.05) is 15.9 Å². The maximum atomic E-state index is 12.6. The van der Waals surface area contributed by atoms with Crippen LogP contribution in [0.2, 0.25) is 0 Å². The van der Waals surface area contributed by atoms with Crippen molar-refractivity contribution in [1.29, 1.82) is 0 Å². The van der Waals surface area contributed by atoms with Crippen LogP contribution in [0.25, 0.3) is 0 Å². The normalized spacial score (nSPS) is 17.6. The van der Waals surface area contributed by atoms with Gasteiger partial charge in [-0.05, 0) is 62.6 Å². The van der Waals surface area contributed by atoms with Gasteiger partial charge < -0.3 is 10.2 Å². The standard InChI is InChI=1S/C18H21BrN4O/c1-12-10-15(6-7-16(12)19)20-18(24)14-4-3-9-23(11-14)17-8-5-13(2)21-22-17/h5-8,10,14H,3-4,9,11H2,1-2H3,(H,20,24)/t14-/m0/s1. The Kier molecular flexibility index (Phi) is 5.14. The van der Waals surface area contributed by atoms with Gasteiger partial charge in [0.05, 0.1) is 11.6 Å². The highest BCUT2D eigenvalue weighted by molar-refractivity contribution is 9.10. The summed E-state index contributed by atoms with van der Waals surface area (Å²) in [6.07, 6.45) is 1.88. The summed E-state index contributed by atoms with van der Waals surface area (Å²) in [5.74, 6) is 0.880. The fourth-order valence-corrected chi connectivity index (χ4v) is 3.17. The van der Waals surface area contributed by atoms with Gasteiger partial charge in [-0.2, -0.15) is 5.10 Å². The van der Waals surface area contributed by atoms with Crippen LogP contribution in [-0.2, 0) is 4.79 Å². The lowest BCUT2D eigenvalue weighted by molar-refractivity contribution is -0.120. The molecule has 0 unspecified atom stereocenters. The molecular weight excluding hydrogens is 368 g/mol. The van der Waals surface area contributed by atoms with E-state index in [2.05, 4.69) is 36.3 Å². The van der Waals surface area contributed by atoms with Crippen LogP contribution in [0.15, 0.2) is 34.8 Å². The Hall–Kier alpha value is -1.95. The highest BCUT2D eigenvalue weighted by Gasteiger charge is 2.26. The van der Waals surface area contributed by atoms with Crippen LogP contribution in [0, 0.1) is 19.8 Å². The largest absolute Gasteiger partial charge is 0.354 e. The summed E-state index contributed by atoms with van der Waals surface area (Å²) in [5, 5.41) is 11.4. The third kappa shape index (κ3) is 3.93. The van der Waals surface area contributed by atoms with Crippen molar-refractivity contribution in [2.24, 2.45) is 5.92 Å². The predicted molar refractivity (Wildman–Crippen MR) is 99.2 cm³/mol. The van der Waals surface area contributed by atoms with Crippen molar-refractivity contribution >= 4 is 33.3 Å². The number of benzene rings is 1. The summed E-state index contributed by atoms with van der Waals surface area (Å²) in [6, 6.07) is 9.78. The lowest BCUT2D eigenvalue weighted by Gasteiger charge is -2.32. The molecule has 0 saturated carbocycles. The van der Waals surface area contributed by atoms with Gasteiger partial charge in [-0.15, -0.1) is 5.10 Å². The topological polar surface area (TPSA) is 58.1 Å². The van der Waals surface area contributed by atoms with Crippen LogP contribution >= 0.6 is 15.9 Å². The van der Waals surface area contributed by atoms with Gasteiger partial charge in [0.15, 0.2) is 5.82 Å². The summed E-state index contributed by atoms with van der Waals surface area (Å²) in [7, 11) is 0. The monoisotopic (exact) mass is 388 g/mol. The molecule has 0 radical (unpaired) electrons. The van der Waals surface area contributed by atoms with E-state index in [1.165, 1.54) is 0 Å². The van der Waals surface area contributed by atoms with Crippen molar-refractivity contribution in [2.45, 2.75) is 26.7 Å². The van der Waals surface area contributed by atoms with Crippen LogP contribution in [0.4, 0.5) is 11.5 Å². The van der Waals surface area contributed by atoms with Crippen LogP contribution < -0.4 is 10.2 Å². The molecule has 1 aliphatic rings. The number of aromatic nitrogens is 2. The van der Waals surface area contributed by atoms with Crippen LogP contribution in [0.1, 0.15) is 24.1 Å². The van der Waals surface area contributed by atoms with Crippen molar-refractivity contribution in [1.82, 2.24) is 10.2 Å². The molecule has 2 heterocycles. The molecule has 1 aromatic heterocycles. The number of nitrogens with zero attached hydrogens (tertiary/aromatic N) is 3. The average Bonchev–Trinajstić information content (AvgIpc) is 2.59. The minimum atomic E-state index is -0.0363. The maximum Gasteiger partial charge on any atom is 0.229 e. The number of hydrogen-bond acceptors (Lipinski definition) is 4. The van der Waals surface area contributed by atoms with Crippen molar-refractivity contribution in [3.63, 3.8) is 0 Å². The van der Waals surface area contributed by atoms with Crippen LogP contribution in [-0.4, -0.2) is 29.2 Å². The third-order valence-corrected chi connectivity index (χ3v) is 5.22. The van der Waals surface area contributed by atoms with E-state index in [9.17, 15) is 4.79 Å². The lowest BCUT2D eigenvalue weighted by Crippen LogP contribution is -2.41. The molecule has 1 amide bonds. The van der Waals surface area contributed by atoms with Crippen molar-refractivity contribution in [3.8, 4) is 0 Å². The maximum absolute atomic E-state index is 12.6.